The molecule has 0 heterocycles. The zero-order chi connectivity index (χ0) is 12.8. The molecule has 0 saturated heterocycles. The highest BCUT2D eigenvalue weighted by molar-refractivity contribution is 5.83. The number of phenols is 1. The van der Waals surface area contributed by atoms with Gasteiger partial charge in [0.15, 0.2) is 0 Å². The molecule has 1 aromatic carbocycles. The van der Waals surface area contributed by atoms with Crippen LogP contribution in [0.25, 0.3) is 0 Å². The molecule has 0 unspecified atom stereocenters. The van der Waals surface area contributed by atoms with Crippen molar-refractivity contribution in [1.82, 2.24) is 5.32 Å². The van der Waals surface area contributed by atoms with Crippen molar-refractivity contribution >= 4 is 12.2 Å². The fourth-order valence-electron chi connectivity index (χ4n) is 1.38. The van der Waals surface area contributed by atoms with Crippen molar-refractivity contribution < 1.29 is 14.7 Å². The normalized spacial score (nSPS) is 13.8. The number of carbonyl (C=O) groups excluding carboxylic acids is 2. The van der Waals surface area contributed by atoms with E-state index in [4.69, 9.17) is 5.73 Å². The molecule has 0 spiro atoms. The number of phenolic OH excluding ortho intramolecular Hbond substituents is 1. The third kappa shape index (κ3) is 4.24. The highest BCUT2D eigenvalue weighted by Crippen LogP contribution is 2.12. The molecule has 1 aromatic rings. The number of carbonyl (C=O) groups is 2. The zero-order valence-corrected chi connectivity index (χ0v) is 9.59. The maximum atomic E-state index is 11.3. The monoisotopic (exact) mass is 236 g/mol. The number of rotatable bonds is 5. The Morgan fingerprint density at radius 3 is 2.82 bits per heavy atom. The average Bonchev–Trinajstić information content (AvgIpc) is 2.27. The molecule has 5 heteroatoms. The fourth-order valence-corrected chi connectivity index (χ4v) is 1.38. The van der Waals surface area contributed by atoms with Gasteiger partial charge in [-0.1, -0.05) is 12.1 Å². The van der Waals surface area contributed by atoms with E-state index in [1.165, 1.54) is 0 Å². The van der Waals surface area contributed by atoms with Gasteiger partial charge in [0.1, 0.15) is 12.0 Å². The van der Waals surface area contributed by atoms with Gasteiger partial charge >= 0.3 is 0 Å². The minimum Gasteiger partial charge on any atom is -0.508 e. The minimum atomic E-state index is -0.651. The van der Waals surface area contributed by atoms with Gasteiger partial charge in [-0.25, -0.2) is 0 Å². The molecule has 0 saturated carbocycles. The fraction of sp³-hybridized carbons (Fsp3) is 0.333. The Labute approximate surface area is 99.6 Å². The zero-order valence-electron chi connectivity index (χ0n) is 9.59. The van der Waals surface area contributed by atoms with E-state index in [2.05, 4.69) is 5.32 Å². The number of nitrogens with one attached hydrogen (secondary N) is 1. The summed E-state index contributed by atoms with van der Waals surface area (Å²) in [7, 11) is 0. The van der Waals surface area contributed by atoms with Gasteiger partial charge in [0, 0.05) is 0 Å². The first-order valence-electron chi connectivity index (χ1n) is 5.32. The van der Waals surface area contributed by atoms with Crippen LogP contribution in [0.4, 0.5) is 0 Å². The standard InChI is InChI=1S/C12H16N2O3/c1-8(13)12(17)14-10(7-15)5-9-3-2-4-11(16)6-9/h2-4,6-8,10,16H,5,13H2,1H3,(H,14,17)/t8-,10-/m0/s1. The van der Waals surface area contributed by atoms with Crippen LogP contribution in [0.3, 0.4) is 0 Å². The number of hydrogen-bond donors (Lipinski definition) is 3. The second-order valence-electron chi connectivity index (χ2n) is 3.91. The minimum absolute atomic E-state index is 0.130. The molecular formula is C12H16N2O3. The van der Waals surface area contributed by atoms with E-state index in [-0.39, 0.29) is 11.7 Å². The van der Waals surface area contributed by atoms with Gasteiger partial charge in [-0.05, 0) is 31.0 Å². The molecule has 1 rings (SSSR count). The summed E-state index contributed by atoms with van der Waals surface area (Å²) >= 11 is 0. The lowest BCUT2D eigenvalue weighted by Crippen LogP contribution is -2.45. The number of benzene rings is 1. The van der Waals surface area contributed by atoms with Crippen molar-refractivity contribution in [2.75, 3.05) is 0 Å². The summed E-state index contributed by atoms with van der Waals surface area (Å²) < 4.78 is 0. The summed E-state index contributed by atoms with van der Waals surface area (Å²) in [4.78, 5) is 22.2. The van der Waals surface area contributed by atoms with Gasteiger partial charge in [-0.15, -0.1) is 0 Å². The van der Waals surface area contributed by atoms with Crippen LogP contribution in [-0.4, -0.2) is 29.4 Å². The Morgan fingerprint density at radius 1 is 1.59 bits per heavy atom. The maximum absolute atomic E-state index is 11.3. The largest absolute Gasteiger partial charge is 0.508 e. The number of aldehydes is 1. The molecular weight excluding hydrogens is 220 g/mol. The van der Waals surface area contributed by atoms with Crippen LogP contribution in [-0.2, 0) is 16.0 Å². The summed E-state index contributed by atoms with van der Waals surface area (Å²) in [5.74, 6) is -0.243. The molecule has 92 valence electrons. The van der Waals surface area contributed by atoms with Gasteiger partial charge in [-0.3, -0.25) is 4.79 Å². The molecule has 0 radical (unpaired) electrons. The highest BCUT2D eigenvalue weighted by atomic mass is 16.3. The number of hydrogen-bond acceptors (Lipinski definition) is 4. The summed E-state index contributed by atoms with van der Waals surface area (Å²) in [5, 5.41) is 11.8. The molecule has 17 heavy (non-hydrogen) atoms. The molecule has 0 bridgehead atoms. The Balaban J connectivity index is 2.64. The van der Waals surface area contributed by atoms with E-state index in [0.29, 0.717) is 12.7 Å². The molecule has 0 aliphatic carbocycles. The number of amides is 1. The molecule has 4 N–H and O–H groups in total. The van der Waals surface area contributed by atoms with Crippen molar-refractivity contribution in [2.24, 2.45) is 5.73 Å². The Kier molecular flexibility index (Phi) is 4.66. The quantitative estimate of drug-likeness (QED) is 0.626. The molecule has 0 aliphatic heterocycles. The van der Waals surface area contributed by atoms with E-state index in [9.17, 15) is 14.7 Å². The van der Waals surface area contributed by atoms with E-state index in [0.717, 1.165) is 5.56 Å². The predicted molar refractivity (Wildman–Crippen MR) is 63.5 cm³/mol. The van der Waals surface area contributed by atoms with Crippen LogP contribution in [0, 0.1) is 0 Å². The van der Waals surface area contributed by atoms with E-state index < -0.39 is 12.1 Å². The van der Waals surface area contributed by atoms with Crippen molar-refractivity contribution in [3.8, 4) is 5.75 Å². The second-order valence-corrected chi connectivity index (χ2v) is 3.91. The molecule has 0 aromatic heterocycles. The summed E-state index contributed by atoms with van der Waals surface area (Å²) in [6.07, 6.45) is 0.987. The Morgan fingerprint density at radius 2 is 2.29 bits per heavy atom. The predicted octanol–water partition coefficient (Wildman–Crippen LogP) is -0.0344. The third-order valence-electron chi connectivity index (χ3n) is 2.27. The van der Waals surface area contributed by atoms with Gasteiger partial charge in [0.05, 0.1) is 12.1 Å². The molecule has 0 fully saturated rings. The van der Waals surface area contributed by atoms with Crippen LogP contribution in [0.5, 0.6) is 5.75 Å². The maximum Gasteiger partial charge on any atom is 0.237 e. The highest BCUT2D eigenvalue weighted by Gasteiger charge is 2.14. The van der Waals surface area contributed by atoms with Crippen molar-refractivity contribution in [2.45, 2.75) is 25.4 Å². The first-order valence-corrected chi connectivity index (χ1v) is 5.32. The van der Waals surface area contributed by atoms with Gasteiger partial charge < -0.3 is 21.0 Å². The smallest absolute Gasteiger partial charge is 0.237 e. The van der Waals surface area contributed by atoms with Crippen LogP contribution in [0.1, 0.15) is 12.5 Å². The third-order valence-corrected chi connectivity index (χ3v) is 2.27. The average molecular weight is 236 g/mol. The first kappa shape index (κ1) is 13.2. The van der Waals surface area contributed by atoms with Crippen LogP contribution in [0.2, 0.25) is 0 Å². The SMILES string of the molecule is C[C@H](N)C(=O)N[C@H](C=O)Cc1cccc(O)c1. The number of aromatic hydroxyl groups is 1. The molecule has 0 aliphatic rings. The van der Waals surface area contributed by atoms with Crippen LogP contribution >= 0.6 is 0 Å². The van der Waals surface area contributed by atoms with E-state index >= 15 is 0 Å². The van der Waals surface area contributed by atoms with Crippen molar-refractivity contribution in [3.63, 3.8) is 0 Å². The van der Waals surface area contributed by atoms with E-state index in [1.807, 2.05) is 0 Å². The van der Waals surface area contributed by atoms with Gasteiger partial charge in [0.2, 0.25) is 5.91 Å². The lowest BCUT2D eigenvalue weighted by atomic mass is 10.1. The Bertz CT molecular complexity index is 404. The summed E-state index contributed by atoms with van der Waals surface area (Å²) in [6, 6.07) is 5.26. The molecule has 1 amide bonds. The lowest BCUT2D eigenvalue weighted by molar-refractivity contribution is -0.124. The van der Waals surface area contributed by atoms with E-state index in [1.54, 1.807) is 31.2 Å². The van der Waals surface area contributed by atoms with Crippen molar-refractivity contribution in [3.05, 3.63) is 29.8 Å². The lowest BCUT2D eigenvalue weighted by Gasteiger charge is -2.14. The first-order chi connectivity index (χ1) is 8.02. The van der Waals surface area contributed by atoms with Gasteiger partial charge in [0.25, 0.3) is 0 Å². The van der Waals surface area contributed by atoms with Crippen LogP contribution < -0.4 is 11.1 Å². The van der Waals surface area contributed by atoms with Crippen molar-refractivity contribution in [1.29, 1.82) is 0 Å². The second kappa shape index (κ2) is 6.00. The van der Waals surface area contributed by atoms with Crippen LogP contribution in [0.15, 0.2) is 24.3 Å². The Hall–Kier alpha value is -1.88. The number of nitrogens with two attached hydrogens (primary N) is 1. The summed E-state index contributed by atoms with van der Waals surface area (Å²) in [6.45, 7) is 1.55. The molecule has 2 atom stereocenters. The topological polar surface area (TPSA) is 92.4 Å². The molecule has 5 nitrogen and oxygen atoms in total. The summed E-state index contributed by atoms with van der Waals surface area (Å²) in [5.41, 5.74) is 6.16. The van der Waals surface area contributed by atoms with Gasteiger partial charge in [-0.2, -0.15) is 0 Å².